The molecule has 0 aromatic heterocycles. The smallest absolute Gasteiger partial charge is 0.394 e. The summed E-state index contributed by atoms with van der Waals surface area (Å²) < 4.78 is 42.9. The summed E-state index contributed by atoms with van der Waals surface area (Å²) in [5, 5.41) is 9.17. The van der Waals surface area contributed by atoms with E-state index < -0.39 is 23.7 Å². The van der Waals surface area contributed by atoms with Gasteiger partial charge in [0.15, 0.2) is 0 Å². The monoisotopic (exact) mass is 275 g/mol. The van der Waals surface area contributed by atoms with Crippen molar-refractivity contribution in [2.24, 2.45) is 0 Å². The molecular formula is C12H12F3NO3. The minimum atomic E-state index is -4.47. The molecule has 0 bridgehead atoms. The molecule has 1 N–H and O–H groups in total. The van der Waals surface area contributed by atoms with Gasteiger partial charge in [-0.05, 0) is 18.2 Å². The van der Waals surface area contributed by atoms with Crippen molar-refractivity contribution in [1.29, 1.82) is 0 Å². The van der Waals surface area contributed by atoms with Gasteiger partial charge in [-0.15, -0.1) is 0 Å². The molecule has 0 aliphatic carbocycles. The zero-order valence-electron chi connectivity index (χ0n) is 9.85. The Morgan fingerprint density at radius 1 is 1.42 bits per heavy atom. The maximum Gasteiger partial charge on any atom is 0.416 e. The molecule has 0 radical (unpaired) electrons. The Balaban J connectivity index is 2.36. The van der Waals surface area contributed by atoms with Gasteiger partial charge in [0.1, 0.15) is 6.61 Å². The van der Waals surface area contributed by atoms with E-state index >= 15 is 0 Å². The van der Waals surface area contributed by atoms with E-state index in [0.29, 0.717) is 0 Å². The van der Waals surface area contributed by atoms with E-state index in [2.05, 4.69) is 0 Å². The lowest BCUT2D eigenvalue weighted by molar-refractivity contribution is -0.137. The predicted octanol–water partition coefficient (Wildman–Crippen LogP) is 1.43. The van der Waals surface area contributed by atoms with Crippen LogP contribution in [0.5, 0.6) is 0 Å². The van der Waals surface area contributed by atoms with Crippen molar-refractivity contribution in [3.8, 4) is 0 Å². The highest BCUT2D eigenvalue weighted by molar-refractivity contribution is 5.95. The normalized spacial score (nSPS) is 20.7. The van der Waals surface area contributed by atoms with Crippen LogP contribution in [0.3, 0.4) is 0 Å². The van der Waals surface area contributed by atoms with Gasteiger partial charge in [0, 0.05) is 5.69 Å². The Labute approximate surface area is 107 Å². The summed E-state index contributed by atoms with van der Waals surface area (Å²) in [5.41, 5.74) is -0.719. The largest absolute Gasteiger partial charge is 0.416 e. The molecule has 19 heavy (non-hydrogen) atoms. The number of nitrogens with zero attached hydrogens (tertiary/aromatic N) is 1. The Morgan fingerprint density at radius 2 is 2.16 bits per heavy atom. The van der Waals surface area contributed by atoms with Crippen molar-refractivity contribution in [1.82, 2.24) is 0 Å². The van der Waals surface area contributed by atoms with E-state index in [0.717, 1.165) is 17.0 Å². The van der Waals surface area contributed by atoms with Gasteiger partial charge in [0.25, 0.3) is 5.91 Å². The maximum atomic E-state index is 12.6. The van der Waals surface area contributed by atoms with Crippen LogP contribution in [-0.2, 0) is 15.7 Å². The van der Waals surface area contributed by atoms with Crippen LogP contribution in [0.2, 0.25) is 0 Å². The number of alkyl halides is 3. The van der Waals surface area contributed by atoms with Crippen molar-refractivity contribution in [2.45, 2.75) is 12.2 Å². The molecule has 1 aliphatic heterocycles. The second-order valence-corrected chi connectivity index (χ2v) is 4.16. The molecule has 1 atom stereocenters. The van der Waals surface area contributed by atoms with Crippen LogP contribution in [0.4, 0.5) is 18.9 Å². The number of hydrogen-bond acceptors (Lipinski definition) is 3. The molecule has 1 saturated heterocycles. The lowest BCUT2D eigenvalue weighted by Gasteiger charge is -2.34. The second-order valence-electron chi connectivity index (χ2n) is 4.16. The molecule has 2 rings (SSSR count). The van der Waals surface area contributed by atoms with Gasteiger partial charge in [0.2, 0.25) is 0 Å². The van der Waals surface area contributed by atoms with Gasteiger partial charge in [-0.25, -0.2) is 0 Å². The van der Waals surface area contributed by atoms with Crippen molar-refractivity contribution >= 4 is 11.6 Å². The molecule has 0 saturated carbocycles. The summed E-state index contributed by atoms with van der Waals surface area (Å²) in [5.74, 6) is -0.468. The number of anilines is 1. The van der Waals surface area contributed by atoms with Crippen LogP contribution < -0.4 is 4.90 Å². The molecule has 1 aromatic rings. The van der Waals surface area contributed by atoms with Gasteiger partial charge in [-0.3, -0.25) is 4.79 Å². The number of amides is 1. The Morgan fingerprint density at radius 3 is 2.79 bits per heavy atom. The van der Waals surface area contributed by atoms with Gasteiger partial charge in [0.05, 0.1) is 24.8 Å². The number of halogens is 3. The minimum absolute atomic E-state index is 0.0957. The molecular weight excluding hydrogens is 263 g/mol. The number of hydrogen-bond donors (Lipinski definition) is 1. The topological polar surface area (TPSA) is 49.8 Å². The van der Waals surface area contributed by atoms with Gasteiger partial charge >= 0.3 is 6.18 Å². The fourth-order valence-corrected chi connectivity index (χ4v) is 1.95. The van der Waals surface area contributed by atoms with E-state index in [4.69, 9.17) is 4.74 Å². The molecule has 1 fully saturated rings. The summed E-state index contributed by atoms with van der Waals surface area (Å²) in [7, 11) is 0. The minimum Gasteiger partial charge on any atom is -0.394 e. The first kappa shape index (κ1) is 13.8. The van der Waals surface area contributed by atoms with Crippen molar-refractivity contribution in [3.05, 3.63) is 29.8 Å². The summed E-state index contributed by atoms with van der Waals surface area (Å²) in [4.78, 5) is 12.9. The molecule has 1 heterocycles. The highest BCUT2D eigenvalue weighted by Crippen LogP contribution is 2.32. The quantitative estimate of drug-likeness (QED) is 0.888. The molecule has 1 aliphatic rings. The Kier molecular flexibility index (Phi) is 3.77. The van der Waals surface area contributed by atoms with E-state index in [-0.39, 0.29) is 25.5 Å². The van der Waals surface area contributed by atoms with E-state index in [9.17, 15) is 23.1 Å². The fraction of sp³-hybridized carbons (Fsp3) is 0.417. The van der Waals surface area contributed by atoms with Crippen LogP contribution in [0.1, 0.15) is 5.56 Å². The molecule has 0 spiro atoms. The standard InChI is InChI=1S/C12H12F3NO3/c13-12(14,15)8-2-1-3-9(4-8)16-10(5-17)6-19-7-11(16)18/h1-4,10,17H,5-7H2. The third-order valence-electron chi connectivity index (χ3n) is 2.83. The lowest BCUT2D eigenvalue weighted by Crippen LogP contribution is -2.51. The van der Waals surface area contributed by atoms with E-state index in [1.54, 1.807) is 0 Å². The first-order valence-corrected chi connectivity index (χ1v) is 5.61. The molecule has 1 aromatic carbocycles. The average Bonchev–Trinajstić information content (AvgIpc) is 2.37. The van der Waals surface area contributed by atoms with Crippen molar-refractivity contribution < 1.29 is 27.8 Å². The number of ether oxygens (including phenoxy) is 1. The zero-order chi connectivity index (χ0) is 14.0. The van der Waals surface area contributed by atoms with Gasteiger partial charge in [-0.2, -0.15) is 13.2 Å². The highest BCUT2D eigenvalue weighted by atomic mass is 19.4. The number of morpholine rings is 1. The third-order valence-corrected chi connectivity index (χ3v) is 2.83. The number of carbonyl (C=O) groups excluding carboxylic acids is 1. The molecule has 1 unspecified atom stereocenters. The number of aliphatic hydroxyl groups excluding tert-OH is 1. The summed E-state index contributed by atoms with van der Waals surface area (Å²) in [6.45, 7) is -0.479. The zero-order valence-corrected chi connectivity index (χ0v) is 9.85. The molecule has 7 heteroatoms. The summed E-state index contributed by atoms with van der Waals surface area (Å²) >= 11 is 0. The molecule has 4 nitrogen and oxygen atoms in total. The van der Waals surface area contributed by atoms with E-state index in [1.807, 2.05) is 0 Å². The molecule has 1 amide bonds. The predicted molar refractivity (Wildman–Crippen MR) is 60.6 cm³/mol. The maximum absolute atomic E-state index is 12.6. The Bertz CT molecular complexity index is 476. The van der Waals surface area contributed by atoms with Crippen LogP contribution in [0.25, 0.3) is 0 Å². The summed E-state index contributed by atoms with van der Waals surface area (Å²) in [6.07, 6.45) is -4.47. The van der Waals surface area contributed by atoms with Crippen LogP contribution in [0, 0.1) is 0 Å². The average molecular weight is 275 g/mol. The van der Waals surface area contributed by atoms with Crippen LogP contribution in [-0.4, -0.2) is 36.9 Å². The highest BCUT2D eigenvalue weighted by Gasteiger charge is 2.33. The van der Waals surface area contributed by atoms with Gasteiger partial charge in [-0.1, -0.05) is 6.07 Å². The number of rotatable bonds is 2. The SMILES string of the molecule is O=C1COCC(CO)N1c1cccc(C(F)(F)F)c1. The third kappa shape index (κ3) is 2.87. The van der Waals surface area contributed by atoms with Gasteiger partial charge < -0.3 is 14.7 Å². The second kappa shape index (κ2) is 5.18. The van der Waals surface area contributed by atoms with Crippen molar-refractivity contribution in [2.75, 3.05) is 24.7 Å². The number of carbonyl (C=O) groups is 1. The van der Waals surface area contributed by atoms with E-state index in [1.165, 1.54) is 12.1 Å². The first-order valence-electron chi connectivity index (χ1n) is 5.61. The van der Waals surface area contributed by atoms with Crippen molar-refractivity contribution in [3.63, 3.8) is 0 Å². The summed E-state index contributed by atoms with van der Waals surface area (Å²) in [6, 6.07) is 3.80. The molecule has 104 valence electrons. The Hall–Kier alpha value is -1.60. The number of aliphatic hydroxyl groups is 1. The lowest BCUT2D eigenvalue weighted by atomic mass is 10.1. The van der Waals surface area contributed by atoms with Crippen LogP contribution in [0.15, 0.2) is 24.3 Å². The van der Waals surface area contributed by atoms with Crippen LogP contribution >= 0.6 is 0 Å². The number of benzene rings is 1. The fourth-order valence-electron chi connectivity index (χ4n) is 1.95. The first-order chi connectivity index (χ1) is 8.93.